The van der Waals surface area contributed by atoms with Gasteiger partial charge in [-0.25, -0.2) is 13.6 Å². The smallest absolute Gasteiger partial charge is 0.270 e. The number of carbonyl (C=O) groups is 1. The van der Waals surface area contributed by atoms with E-state index in [0.29, 0.717) is 42.9 Å². The van der Waals surface area contributed by atoms with Crippen molar-refractivity contribution < 1.29 is 22.9 Å². The molecule has 1 saturated heterocycles. The van der Waals surface area contributed by atoms with Gasteiger partial charge in [-0.3, -0.25) is 14.9 Å². The molecule has 10 heteroatoms. The summed E-state index contributed by atoms with van der Waals surface area (Å²) in [5.41, 5.74) is 0.570. The van der Waals surface area contributed by atoms with Gasteiger partial charge in [-0.05, 0) is 43.2 Å². The Kier molecular flexibility index (Phi) is 5.85. The Hall–Kier alpha value is -2.98. The molecule has 9 nitrogen and oxygen atoms in total. The first kappa shape index (κ1) is 20.7. The number of hydrogen-bond acceptors (Lipinski definition) is 7. The molecule has 154 valence electrons. The molecule has 29 heavy (non-hydrogen) atoms. The molecule has 1 heterocycles. The highest BCUT2D eigenvalue weighted by Gasteiger charge is 2.29. The van der Waals surface area contributed by atoms with Gasteiger partial charge in [0.1, 0.15) is 10.6 Å². The highest BCUT2D eigenvalue weighted by molar-refractivity contribution is 7.89. The van der Waals surface area contributed by atoms with Crippen LogP contribution in [0.25, 0.3) is 0 Å². The number of rotatable bonds is 6. The number of Topliss-reactive ketones (excluding diaryl/α,β-unsaturated/α-hetero) is 1. The Bertz CT molecular complexity index is 1030. The van der Waals surface area contributed by atoms with Crippen LogP contribution in [0.5, 0.6) is 5.75 Å². The normalized spacial score (nSPS) is 15.2. The van der Waals surface area contributed by atoms with Gasteiger partial charge in [-0.15, -0.1) is 0 Å². The van der Waals surface area contributed by atoms with Crippen molar-refractivity contribution in [3.05, 3.63) is 58.1 Å². The molecular formula is C19H21N3O6S. The van der Waals surface area contributed by atoms with Crippen LogP contribution in [0.3, 0.4) is 0 Å². The predicted molar refractivity (Wildman–Crippen MR) is 107 cm³/mol. The van der Waals surface area contributed by atoms with Crippen molar-refractivity contribution in [2.45, 2.75) is 17.7 Å². The van der Waals surface area contributed by atoms with Gasteiger partial charge in [-0.2, -0.15) is 0 Å². The molecule has 0 amide bonds. The zero-order valence-electron chi connectivity index (χ0n) is 15.8. The molecule has 0 spiro atoms. The third kappa shape index (κ3) is 4.54. The van der Waals surface area contributed by atoms with Crippen LogP contribution in [-0.4, -0.2) is 39.3 Å². The van der Waals surface area contributed by atoms with Gasteiger partial charge in [0.05, 0.1) is 17.7 Å². The number of anilines is 1. The summed E-state index contributed by atoms with van der Waals surface area (Å²) in [6.45, 7) is 0.875. The highest BCUT2D eigenvalue weighted by atomic mass is 32.2. The van der Waals surface area contributed by atoms with E-state index >= 15 is 0 Å². The summed E-state index contributed by atoms with van der Waals surface area (Å²) in [5, 5.41) is 16.2. The average Bonchev–Trinajstić information content (AvgIpc) is 2.72. The summed E-state index contributed by atoms with van der Waals surface area (Å²) in [6, 6.07) is 10.5. The van der Waals surface area contributed by atoms with E-state index in [0.717, 1.165) is 6.07 Å². The number of nitro benzene ring substituents is 1. The molecule has 0 radical (unpaired) electrons. The monoisotopic (exact) mass is 419 g/mol. The Morgan fingerprint density at radius 2 is 1.79 bits per heavy atom. The van der Waals surface area contributed by atoms with Gasteiger partial charge in [0.2, 0.25) is 10.0 Å². The number of nitrogens with two attached hydrogens (primary N) is 1. The Morgan fingerprint density at radius 3 is 2.31 bits per heavy atom. The second kappa shape index (κ2) is 8.18. The van der Waals surface area contributed by atoms with Gasteiger partial charge in [0, 0.05) is 36.7 Å². The zero-order chi connectivity index (χ0) is 21.2. The lowest BCUT2D eigenvalue weighted by atomic mass is 9.88. The van der Waals surface area contributed by atoms with Crippen LogP contribution < -0.4 is 14.8 Å². The standard InChI is InChI=1S/C19H21N3O6S/c1-28-16-5-2-13(3-6-16)19(23)14-8-10-21(11-9-14)17-7-4-15(22(24)25)12-18(17)29(20,26)27/h2-7,12,14H,8-11H2,1H3,(H2,20,26,27). The number of methoxy groups -OCH3 is 1. The third-order valence-electron chi connectivity index (χ3n) is 5.04. The summed E-state index contributed by atoms with van der Waals surface area (Å²) in [6.07, 6.45) is 1.07. The first-order valence-corrected chi connectivity index (χ1v) is 10.5. The number of sulfonamides is 1. The van der Waals surface area contributed by atoms with E-state index in [9.17, 15) is 23.3 Å². The lowest BCUT2D eigenvalue weighted by molar-refractivity contribution is -0.385. The van der Waals surface area contributed by atoms with Crippen LogP contribution in [0.4, 0.5) is 11.4 Å². The second-order valence-corrected chi connectivity index (χ2v) is 8.34. The van der Waals surface area contributed by atoms with Crippen LogP contribution >= 0.6 is 0 Å². The van der Waals surface area contributed by atoms with E-state index in [2.05, 4.69) is 0 Å². The maximum Gasteiger partial charge on any atom is 0.270 e. The number of ether oxygens (including phenoxy) is 1. The maximum atomic E-state index is 12.7. The number of non-ortho nitro benzene ring substituents is 1. The molecule has 0 aromatic heterocycles. The number of nitrogens with zero attached hydrogens (tertiary/aromatic N) is 2. The van der Waals surface area contributed by atoms with E-state index in [1.165, 1.54) is 12.1 Å². The van der Waals surface area contributed by atoms with Gasteiger partial charge in [-0.1, -0.05) is 0 Å². The largest absolute Gasteiger partial charge is 0.497 e. The minimum absolute atomic E-state index is 0.0303. The molecule has 0 saturated carbocycles. The molecule has 1 aliphatic heterocycles. The van der Waals surface area contributed by atoms with E-state index in [-0.39, 0.29) is 22.3 Å². The fourth-order valence-corrected chi connectivity index (χ4v) is 4.25. The first-order chi connectivity index (χ1) is 13.7. The van der Waals surface area contributed by atoms with Crippen molar-refractivity contribution in [1.82, 2.24) is 0 Å². The van der Waals surface area contributed by atoms with Crippen LogP contribution in [0, 0.1) is 16.0 Å². The number of benzene rings is 2. The van der Waals surface area contributed by atoms with Gasteiger partial charge >= 0.3 is 0 Å². The SMILES string of the molecule is COc1ccc(C(=O)C2CCN(c3ccc([N+](=O)[O-])cc3S(N)(=O)=O)CC2)cc1. The van der Waals surface area contributed by atoms with Gasteiger partial charge < -0.3 is 9.64 Å². The lowest BCUT2D eigenvalue weighted by Crippen LogP contribution is -2.37. The van der Waals surface area contributed by atoms with E-state index in [4.69, 9.17) is 9.88 Å². The number of piperidine rings is 1. The fraction of sp³-hybridized carbons (Fsp3) is 0.316. The van der Waals surface area contributed by atoms with Crippen molar-refractivity contribution in [2.75, 3.05) is 25.1 Å². The number of carbonyl (C=O) groups excluding carboxylic acids is 1. The molecule has 0 atom stereocenters. The lowest BCUT2D eigenvalue weighted by Gasteiger charge is -2.33. The highest BCUT2D eigenvalue weighted by Crippen LogP contribution is 2.32. The van der Waals surface area contributed by atoms with Crippen molar-refractivity contribution >= 4 is 27.2 Å². The second-order valence-electron chi connectivity index (χ2n) is 6.81. The van der Waals surface area contributed by atoms with Gasteiger partial charge in [0.15, 0.2) is 5.78 Å². The van der Waals surface area contributed by atoms with E-state index in [1.54, 1.807) is 36.3 Å². The van der Waals surface area contributed by atoms with Gasteiger partial charge in [0.25, 0.3) is 5.69 Å². The molecule has 0 bridgehead atoms. The van der Waals surface area contributed by atoms with Crippen LogP contribution in [0.1, 0.15) is 23.2 Å². The van der Waals surface area contributed by atoms with Crippen molar-refractivity contribution in [1.29, 1.82) is 0 Å². The number of primary sulfonamides is 1. The summed E-state index contributed by atoms with van der Waals surface area (Å²) < 4.78 is 29.0. The molecule has 2 aromatic carbocycles. The minimum Gasteiger partial charge on any atom is -0.497 e. The van der Waals surface area contributed by atoms with E-state index in [1.807, 2.05) is 0 Å². The van der Waals surface area contributed by atoms with Crippen molar-refractivity contribution in [2.24, 2.45) is 11.1 Å². The molecule has 0 unspecified atom stereocenters. The summed E-state index contributed by atoms with van der Waals surface area (Å²) >= 11 is 0. The quantitative estimate of drug-likeness (QED) is 0.432. The molecule has 2 aromatic rings. The number of nitro groups is 1. The molecule has 1 aliphatic rings. The van der Waals surface area contributed by atoms with Crippen LogP contribution in [0.15, 0.2) is 47.4 Å². The maximum absolute atomic E-state index is 12.7. The van der Waals surface area contributed by atoms with Crippen LogP contribution in [-0.2, 0) is 10.0 Å². The third-order valence-corrected chi connectivity index (χ3v) is 5.98. The van der Waals surface area contributed by atoms with E-state index < -0.39 is 14.9 Å². The van der Waals surface area contributed by atoms with Crippen LogP contribution in [0.2, 0.25) is 0 Å². The minimum atomic E-state index is -4.14. The van der Waals surface area contributed by atoms with Crippen molar-refractivity contribution in [3.8, 4) is 5.75 Å². The zero-order valence-corrected chi connectivity index (χ0v) is 16.6. The molecule has 3 rings (SSSR count). The Morgan fingerprint density at radius 1 is 1.17 bits per heavy atom. The number of ketones is 1. The topological polar surface area (TPSA) is 133 Å². The molecule has 1 fully saturated rings. The summed E-state index contributed by atoms with van der Waals surface area (Å²) in [5.74, 6) is 0.517. The fourth-order valence-electron chi connectivity index (χ4n) is 3.48. The first-order valence-electron chi connectivity index (χ1n) is 8.95. The van der Waals surface area contributed by atoms with Crippen molar-refractivity contribution in [3.63, 3.8) is 0 Å². The Balaban J connectivity index is 1.76. The predicted octanol–water partition coefficient (Wildman–Crippen LogP) is 2.35. The average molecular weight is 419 g/mol. The summed E-state index contributed by atoms with van der Waals surface area (Å²) in [4.78, 5) is 24.5. The molecular weight excluding hydrogens is 398 g/mol. The molecule has 2 N–H and O–H groups in total. The Labute approximate surface area is 168 Å². The number of hydrogen-bond donors (Lipinski definition) is 1. The molecule has 0 aliphatic carbocycles. The summed E-state index contributed by atoms with van der Waals surface area (Å²) in [7, 11) is -2.59.